The maximum atomic E-state index is 11.9. The monoisotopic (exact) mass is 310 g/mol. The molecular formula is C16H14N4OS. The van der Waals surface area contributed by atoms with Crippen LogP contribution in [0.25, 0.3) is 0 Å². The van der Waals surface area contributed by atoms with Gasteiger partial charge in [-0.15, -0.1) is 21.5 Å². The lowest BCUT2D eigenvalue weighted by atomic mass is 10.3. The summed E-state index contributed by atoms with van der Waals surface area (Å²) in [7, 11) is 0. The molecule has 0 radical (unpaired) electrons. The Hall–Kier alpha value is -2.73. The van der Waals surface area contributed by atoms with Crippen molar-refractivity contribution in [3.8, 4) is 0 Å². The van der Waals surface area contributed by atoms with Crippen LogP contribution in [0.4, 0.5) is 17.3 Å². The van der Waals surface area contributed by atoms with E-state index in [0.717, 1.165) is 10.6 Å². The molecule has 3 aromatic rings. The lowest BCUT2D eigenvalue weighted by molar-refractivity contribution is -0.115. The first-order chi connectivity index (χ1) is 10.8. The van der Waals surface area contributed by atoms with Gasteiger partial charge in [-0.2, -0.15) is 0 Å². The first kappa shape index (κ1) is 14.2. The fourth-order valence-corrected chi connectivity index (χ4v) is 2.60. The van der Waals surface area contributed by atoms with Crippen molar-refractivity contribution in [2.75, 3.05) is 10.6 Å². The SMILES string of the molecule is O=C(Cc1cccs1)Nc1ccc(Nc2ccccc2)nn1. The van der Waals surface area contributed by atoms with Gasteiger partial charge in [0.05, 0.1) is 6.42 Å². The highest BCUT2D eigenvalue weighted by atomic mass is 32.1. The molecule has 0 aliphatic rings. The molecule has 2 aromatic heterocycles. The summed E-state index contributed by atoms with van der Waals surface area (Å²) in [5.74, 6) is 0.975. The van der Waals surface area contributed by atoms with E-state index in [4.69, 9.17) is 0 Å². The molecule has 0 atom stereocenters. The van der Waals surface area contributed by atoms with E-state index < -0.39 is 0 Å². The molecule has 110 valence electrons. The number of hydrogen-bond donors (Lipinski definition) is 2. The van der Waals surface area contributed by atoms with E-state index in [1.807, 2.05) is 47.8 Å². The molecule has 2 heterocycles. The topological polar surface area (TPSA) is 66.9 Å². The van der Waals surface area contributed by atoms with Crippen molar-refractivity contribution in [3.63, 3.8) is 0 Å². The third-order valence-corrected chi connectivity index (χ3v) is 3.77. The van der Waals surface area contributed by atoms with Gasteiger partial charge in [0.2, 0.25) is 5.91 Å². The average Bonchev–Trinajstić information content (AvgIpc) is 3.03. The molecule has 1 amide bonds. The molecule has 0 aliphatic carbocycles. The molecule has 5 nitrogen and oxygen atoms in total. The highest BCUT2D eigenvalue weighted by molar-refractivity contribution is 7.10. The number of hydrogen-bond acceptors (Lipinski definition) is 5. The predicted molar refractivity (Wildman–Crippen MR) is 88.4 cm³/mol. The zero-order valence-electron chi connectivity index (χ0n) is 11.7. The molecule has 0 aliphatic heterocycles. The zero-order valence-corrected chi connectivity index (χ0v) is 12.5. The summed E-state index contributed by atoms with van der Waals surface area (Å²) in [6.45, 7) is 0. The Labute approximate surface area is 132 Å². The molecular weight excluding hydrogens is 296 g/mol. The maximum absolute atomic E-state index is 11.9. The summed E-state index contributed by atoms with van der Waals surface area (Å²) < 4.78 is 0. The summed E-state index contributed by atoms with van der Waals surface area (Å²) >= 11 is 1.56. The minimum Gasteiger partial charge on any atom is -0.339 e. The molecule has 0 saturated carbocycles. The quantitative estimate of drug-likeness (QED) is 0.757. The number of aromatic nitrogens is 2. The summed E-state index contributed by atoms with van der Waals surface area (Å²) in [5.41, 5.74) is 0.936. The third-order valence-electron chi connectivity index (χ3n) is 2.89. The predicted octanol–water partition coefficient (Wildman–Crippen LogP) is 3.46. The molecule has 2 N–H and O–H groups in total. The second-order valence-electron chi connectivity index (χ2n) is 4.60. The van der Waals surface area contributed by atoms with Crippen LogP contribution in [-0.2, 0) is 11.2 Å². The van der Waals surface area contributed by atoms with Crippen molar-refractivity contribution >= 4 is 34.6 Å². The first-order valence-corrected chi connectivity index (χ1v) is 7.65. The Bertz CT molecular complexity index is 727. The highest BCUT2D eigenvalue weighted by Crippen LogP contribution is 2.14. The normalized spacial score (nSPS) is 10.2. The molecule has 0 spiro atoms. The number of anilines is 3. The van der Waals surface area contributed by atoms with Crippen LogP contribution in [0.1, 0.15) is 4.88 Å². The van der Waals surface area contributed by atoms with Gasteiger partial charge in [0.1, 0.15) is 0 Å². The van der Waals surface area contributed by atoms with Crippen LogP contribution < -0.4 is 10.6 Å². The Morgan fingerprint density at radius 1 is 0.955 bits per heavy atom. The van der Waals surface area contributed by atoms with Crippen molar-refractivity contribution in [2.45, 2.75) is 6.42 Å². The molecule has 0 saturated heterocycles. The third kappa shape index (κ3) is 3.89. The smallest absolute Gasteiger partial charge is 0.230 e. The molecule has 0 fully saturated rings. The zero-order chi connectivity index (χ0) is 15.2. The summed E-state index contributed by atoms with van der Waals surface area (Å²) in [6.07, 6.45) is 0.351. The maximum Gasteiger partial charge on any atom is 0.230 e. The van der Waals surface area contributed by atoms with Crippen molar-refractivity contribution in [1.29, 1.82) is 0 Å². The van der Waals surface area contributed by atoms with Crippen molar-refractivity contribution in [1.82, 2.24) is 10.2 Å². The lowest BCUT2D eigenvalue weighted by Crippen LogP contribution is -2.15. The number of amides is 1. The van der Waals surface area contributed by atoms with Crippen LogP contribution in [0.3, 0.4) is 0 Å². The van der Waals surface area contributed by atoms with Gasteiger partial charge >= 0.3 is 0 Å². The van der Waals surface area contributed by atoms with E-state index in [2.05, 4.69) is 20.8 Å². The van der Waals surface area contributed by atoms with Gasteiger partial charge in [-0.05, 0) is 35.7 Å². The Kier molecular flexibility index (Phi) is 4.41. The van der Waals surface area contributed by atoms with Crippen molar-refractivity contribution in [2.24, 2.45) is 0 Å². The van der Waals surface area contributed by atoms with Crippen LogP contribution >= 0.6 is 11.3 Å². The Balaban J connectivity index is 1.58. The summed E-state index contributed by atoms with van der Waals surface area (Å²) in [6, 6.07) is 17.1. The lowest BCUT2D eigenvalue weighted by Gasteiger charge is -2.06. The van der Waals surface area contributed by atoms with Crippen molar-refractivity contribution in [3.05, 3.63) is 64.9 Å². The minimum absolute atomic E-state index is 0.0967. The van der Waals surface area contributed by atoms with Crippen LogP contribution in [-0.4, -0.2) is 16.1 Å². The van der Waals surface area contributed by atoms with Gasteiger partial charge in [-0.3, -0.25) is 4.79 Å². The van der Waals surface area contributed by atoms with E-state index in [-0.39, 0.29) is 5.91 Å². The Morgan fingerprint density at radius 2 is 1.73 bits per heavy atom. The molecule has 0 unspecified atom stereocenters. The van der Waals surface area contributed by atoms with Crippen LogP contribution in [0.15, 0.2) is 60.0 Å². The number of benzene rings is 1. The van der Waals surface area contributed by atoms with E-state index >= 15 is 0 Å². The number of nitrogens with one attached hydrogen (secondary N) is 2. The van der Waals surface area contributed by atoms with E-state index in [9.17, 15) is 4.79 Å². The van der Waals surface area contributed by atoms with Crippen LogP contribution in [0.5, 0.6) is 0 Å². The van der Waals surface area contributed by atoms with E-state index in [1.54, 1.807) is 23.5 Å². The molecule has 0 bridgehead atoms. The van der Waals surface area contributed by atoms with Gasteiger partial charge in [0.15, 0.2) is 11.6 Å². The van der Waals surface area contributed by atoms with Crippen LogP contribution in [0.2, 0.25) is 0 Å². The molecule has 6 heteroatoms. The number of carbonyl (C=O) groups excluding carboxylic acids is 1. The van der Waals surface area contributed by atoms with Gasteiger partial charge in [0, 0.05) is 10.6 Å². The second kappa shape index (κ2) is 6.82. The number of rotatable bonds is 5. The molecule has 22 heavy (non-hydrogen) atoms. The first-order valence-electron chi connectivity index (χ1n) is 6.77. The van der Waals surface area contributed by atoms with Crippen molar-refractivity contribution < 1.29 is 4.79 Å². The van der Waals surface area contributed by atoms with E-state index in [0.29, 0.717) is 18.1 Å². The largest absolute Gasteiger partial charge is 0.339 e. The van der Waals surface area contributed by atoms with E-state index in [1.165, 1.54) is 0 Å². The molecule has 1 aromatic carbocycles. The van der Waals surface area contributed by atoms with Gasteiger partial charge in [-0.25, -0.2) is 0 Å². The summed E-state index contributed by atoms with van der Waals surface area (Å²) in [4.78, 5) is 12.9. The van der Waals surface area contributed by atoms with Crippen LogP contribution in [0, 0.1) is 0 Å². The van der Waals surface area contributed by atoms with Gasteiger partial charge in [0.25, 0.3) is 0 Å². The molecule has 3 rings (SSSR count). The van der Waals surface area contributed by atoms with Gasteiger partial charge in [-0.1, -0.05) is 24.3 Å². The average molecular weight is 310 g/mol. The number of nitrogens with zero attached hydrogens (tertiary/aromatic N) is 2. The number of carbonyl (C=O) groups is 1. The Morgan fingerprint density at radius 3 is 2.41 bits per heavy atom. The fourth-order valence-electron chi connectivity index (χ4n) is 1.89. The number of thiophene rings is 1. The van der Waals surface area contributed by atoms with Gasteiger partial charge < -0.3 is 10.6 Å². The second-order valence-corrected chi connectivity index (χ2v) is 5.63. The minimum atomic E-state index is -0.0967. The standard InChI is InChI=1S/C16H14N4OS/c21-16(11-13-7-4-10-22-13)18-15-9-8-14(19-20-15)17-12-5-2-1-3-6-12/h1-10H,11H2,(H,17,19)(H,18,20,21). The highest BCUT2D eigenvalue weighted by Gasteiger charge is 2.06. The fraction of sp³-hybridized carbons (Fsp3) is 0.0625. The summed E-state index contributed by atoms with van der Waals surface area (Å²) in [5, 5.41) is 15.9. The number of para-hydroxylation sites is 1.